The molecule has 1 saturated heterocycles. The number of hydrogen-bond acceptors (Lipinski definition) is 4. The minimum absolute atomic E-state index is 0.230. The van der Waals surface area contributed by atoms with E-state index in [4.69, 9.17) is 9.84 Å². The number of ether oxygens (including phenoxy) is 1. The molecule has 2 aromatic heterocycles. The molecule has 1 N–H and O–H groups in total. The Labute approximate surface area is 116 Å². The maximum atomic E-state index is 11.0. The molecule has 1 atom stereocenters. The topological polar surface area (TPSA) is 64.3 Å². The number of aromatic nitrogens is 2. The number of nitrogens with zero attached hydrogens (tertiary/aromatic N) is 2. The van der Waals surface area contributed by atoms with Gasteiger partial charge in [-0.05, 0) is 12.5 Å². The Morgan fingerprint density at radius 2 is 2.50 bits per heavy atom. The molecule has 3 heterocycles. The maximum absolute atomic E-state index is 11.0. The number of fused-ring (bicyclic) bond motifs is 1. The summed E-state index contributed by atoms with van der Waals surface area (Å²) in [5.74, 6) is 0.0218. The Bertz CT molecular complexity index is 603. The van der Waals surface area contributed by atoms with Crippen LogP contribution in [0.2, 0.25) is 0 Å². The van der Waals surface area contributed by atoms with Crippen molar-refractivity contribution in [2.75, 3.05) is 6.61 Å². The third-order valence-corrected chi connectivity index (χ3v) is 4.54. The molecule has 1 aliphatic heterocycles. The van der Waals surface area contributed by atoms with Crippen molar-refractivity contribution in [3.05, 3.63) is 16.8 Å². The summed E-state index contributed by atoms with van der Waals surface area (Å²) in [4.78, 5) is 16.5. The van der Waals surface area contributed by atoms with Crippen LogP contribution in [0.3, 0.4) is 0 Å². The van der Waals surface area contributed by atoms with E-state index in [1.807, 2.05) is 0 Å². The molecule has 96 valence electrons. The summed E-state index contributed by atoms with van der Waals surface area (Å²) in [5, 5.41) is 9.66. The van der Waals surface area contributed by atoms with Crippen LogP contribution in [0.4, 0.5) is 0 Å². The number of carbonyl (C=O) groups is 1. The van der Waals surface area contributed by atoms with Gasteiger partial charge in [-0.3, -0.25) is 0 Å². The van der Waals surface area contributed by atoms with Gasteiger partial charge < -0.3 is 14.4 Å². The zero-order valence-corrected chi connectivity index (χ0v) is 11.8. The number of aromatic carboxylic acids is 1. The van der Waals surface area contributed by atoms with Gasteiger partial charge in [0.2, 0.25) is 0 Å². The highest BCUT2D eigenvalue weighted by Gasteiger charge is 2.23. The van der Waals surface area contributed by atoms with E-state index >= 15 is 0 Å². The predicted molar refractivity (Wildman–Crippen MR) is 71.6 cm³/mol. The third-order valence-electron chi connectivity index (χ3n) is 3.04. The van der Waals surface area contributed by atoms with Crippen LogP contribution in [-0.4, -0.2) is 33.3 Å². The summed E-state index contributed by atoms with van der Waals surface area (Å²) >= 11 is 4.63. The van der Waals surface area contributed by atoms with Crippen molar-refractivity contribution in [3.63, 3.8) is 0 Å². The first kappa shape index (κ1) is 12.1. The van der Waals surface area contributed by atoms with Crippen LogP contribution in [-0.2, 0) is 16.6 Å². The summed E-state index contributed by atoms with van der Waals surface area (Å²) in [6.45, 7) is 1.56. The van der Waals surface area contributed by atoms with Crippen molar-refractivity contribution >= 4 is 43.6 Å². The van der Waals surface area contributed by atoms with Crippen LogP contribution >= 0.6 is 27.3 Å². The van der Waals surface area contributed by atoms with E-state index < -0.39 is 5.97 Å². The molecular weight excluding hydrogens is 320 g/mol. The van der Waals surface area contributed by atoms with Gasteiger partial charge in [-0.15, -0.1) is 11.3 Å². The van der Waals surface area contributed by atoms with Gasteiger partial charge >= 0.3 is 5.97 Å². The van der Waals surface area contributed by atoms with Crippen LogP contribution in [0.15, 0.2) is 6.07 Å². The first-order valence-corrected chi connectivity index (χ1v) is 7.52. The average molecular weight is 331 g/mol. The largest absolute Gasteiger partial charge is 0.477 e. The van der Waals surface area contributed by atoms with Gasteiger partial charge in [0, 0.05) is 6.61 Å². The number of halogens is 1. The highest BCUT2D eigenvalue weighted by Crippen LogP contribution is 2.28. The molecule has 0 aliphatic carbocycles. The molecule has 0 spiro atoms. The van der Waals surface area contributed by atoms with Crippen LogP contribution in [0.25, 0.3) is 10.3 Å². The van der Waals surface area contributed by atoms with Crippen molar-refractivity contribution in [2.24, 2.45) is 0 Å². The first-order valence-electron chi connectivity index (χ1n) is 5.59. The van der Waals surface area contributed by atoms with E-state index in [0.29, 0.717) is 10.2 Å². The van der Waals surface area contributed by atoms with Crippen LogP contribution in [0.1, 0.15) is 21.9 Å². The van der Waals surface area contributed by atoms with Crippen molar-refractivity contribution in [1.82, 2.24) is 9.55 Å². The van der Waals surface area contributed by atoms with E-state index in [-0.39, 0.29) is 6.10 Å². The summed E-state index contributed by atoms with van der Waals surface area (Å²) in [6, 6.07) is 1.69. The van der Waals surface area contributed by atoms with Gasteiger partial charge in [0.25, 0.3) is 0 Å². The molecule has 1 fully saturated rings. The molecule has 2 aromatic rings. The molecule has 0 saturated carbocycles. The van der Waals surface area contributed by atoms with Crippen molar-refractivity contribution in [1.29, 1.82) is 0 Å². The molecular formula is C11H11BrN2O3S. The van der Waals surface area contributed by atoms with Gasteiger partial charge in [0.05, 0.1) is 23.5 Å². The predicted octanol–water partition coefficient (Wildman–Crippen LogP) is 2.48. The smallest absolute Gasteiger partial charge is 0.346 e. The lowest BCUT2D eigenvalue weighted by Gasteiger charge is -2.27. The molecule has 1 aliphatic rings. The van der Waals surface area contributed by atoms with Crippen LogP contribution in [0, 0.1) is 0 Å². The fourth-order valence-electron chi connectivity index (χ4n) is 2.01. The Morgan fingerprint density at radius 3 is 3.06 bits per heavy atom. The maximum Gasteiger partial charge on any atom is 0.346 e. The highest BCUT2D eigenvalue weighted by molar-refractivity contribution is 9.08. The summed E-state index contributed by atoms with van der Waals surface area (Å²) in [7, 11) is 0. The third kappa shape index (κ3) is 1.96. The Kier molecular flexibility index (Phi) is 3.13. The van der Waals surface area contributed by atoms with Crippen LogP contribution in [0.5, 0.6) is 0 Å². The second-order valence-electron chi connectivity index (χ2n) is 4.16. The monoisotopic (exact) mass is 330 g/mol. The normalized spacial score (nSPS) is 19.1. The number of imidazole rings is 1. The zero-order chi connectivity index (χ0) is 12.7. The fraction of sp³-hybridized carbons (Fsp3) is 0.455. The lowest BCUT2D eigenvalue weighted by molar-refractivity contribution is -0.0589. The second-order valence-corrected chi connectivity index (χ2v) is 5.75. The SMILES string of the molecule is O=C(O)c1cc2c(nc(CBr)n2C[C@@H]2CCO2)s1. The summed E-state index contributed by atoms with van der Waals surface area (Å²) in [6.07, 6.45) is 1.28. The molecule has 0 aromatic carbocycles. The molecule has 0 radical (unpaired) electrons. The summed E-state index contributed by atoms with van der Waals surface area (Å²) < 4.78 is 7.48. The number of thiophene rings is 1. The Morgan fingerprint density at radius 1 is 1.72 bits per heavy atom. The number of rotatable bonds is 4. The highest BCUT2D eigenvalue weighted by atomic mass is 79.9. The summed E-state index contributed by atoms with van der Waals surface area (Å²) in [5.41, 5.74) is 0.891. The quantitative estimate of drug-likeness (QED) is 0.874. The number of hydrogen-bond donors (Lipinski definition) is 1. The average Bonchev–Trinajstić information content (AvgIpc) is 2.80. The fourth-order valence-corrected chi connectivity index (χ4v) is 3.32. The zero-order valence-electron chi connectivity index (χ0n) is 9.43. The van der Waals surface area contributed by atoms with Crippen molar-refractivity contribution in [3.8, 4) is 0 Å². The molecule has 0 bridgehead atoms. The van der Waals surface area contributed by atoms with Gasteiger partial charge in [0.1, 0.15) is 15.5 Å². The van der Waals surface area contributed by atoms with E-state index in [1.54, 1.807) is 6.07 Å². The van der Waals surface area contributed by atoms with Crippen LogP contribution < -0.4 is 0 Å². The first-order chi connectivity index (χ1) is 8.69. The second kappa shape index (κ2) is 4.64. The molecule has 18 heavy (non-hydrogen) atoms. The minimum atomic E-state index is -0.898. The van der Waals surface area contributed by atoms with Gasteiger partial charge in [0.15, 0.2) is 0 Å². The Hall–Kier alpha value is -0.920. The standard InChI is InChI=1S/C11H11BrN2O3S/c12-4-9-13-10-7(3-8(18-10)11(15)16)14(9)5-6-1-2-17-6/h3,6H,1-2,4-5H2,(H,15,16)/t6-/m0/s1. The number of alkyl halides is 1. The molecule has 7 heteroatoms. The van der Waals surface area contributed by atoms with E-state index in [0.717, 1.165) is 35.7 Å². The number of carboxylic acids is 1. The molecule has 3 rings (SSSR count). The minimum Gasteiger partial charge on any atom is -0.477 e. The van der Waals surface area contributed by atoms with Gasteiger partial charge in [-0.25, -0.2) is 9.78 Å². The molecule has 0 unspecified atom stereocenters. The van der Waals surface area contributed by atoms with E-state index in [1.165, 1.54) is 11.3 Å². The lowest BCUT2D eigenvalue weighted by atomic mass is 10.2. The van der Waals surface area contributed by atoms with E-state index in [9.17, 15) is 4.79 Å². The van der Waals surface area contributed by atoms with Gasteiger partial charge in [-0.2, -0.15) is 0 Å². The van der Waals surface area contributed by atoms with E-state index in [2.05, 4.69) is 25.5 Å². The molecule has 5 nitrogen and oxygen atoms in total. The number of carboxylic acid groups (broad SMARTS) is 1. The lowest BCUT2D eigenvalue weighted by Crippen LogP contribution is -2.31. The van der Waals surface area contributed by atoms with Crippen molar-refractivity contribution < 1.29 is 14.6 Å². The Balaban J connectivity index is 2.03. The van der Waals surface area contributed by atoms with Crippen molar-refractivity contribution in [2.45, 2.75) is 24.4 Å². The van der Waals surface area contributed by atoms with Gasteiger partial charge in [-0.1, -0.05) is 15.9 Å². The molecule has 0 amide bonds.